The van der Waals surface area contributed by atoms with Crippen LogP contribution in [0.15, 0.2) is 42.7 Å². The Labute approximate surface area is 160 Å². The van der Waals surface area contributed by atoms with Crippen LogP contribution in [0.1, 0.15) is 29.8 Å². The summed E-state index contributed by atoms with van der Waals surface area (Å²) in [5, 5.41) is 2.41. The van der Waals surface area contributed by atoms with Crippen molar-refractivity contribution in [3.05, 3.63) is 53.9 Å². The van der Waals surface area contributed by atoms with Gasteiger partial charge in [-0.05, 0) is 44.2 Å². The van der Waals surface area contributed by atoms with Crippen LogP contribution < -0.4 is 10.2 Å². The predicted molar refractivity (Wildman–Crippen MR) is 98.2 cm³/mol. The number of anilines is 2. The Morgan fingerprint density at radius 1 is 1.11 bits per heavy atom. The van der Waals surface area contributed by atoms with Gasteiger partial charge in [0.05, 0.1) is 22.5 Å². The Morgan fingerprint density at radius 3 is 2.32 bits per heavy atom. The smallest absolute Gasteiger partial charge is 0.416 e. The number of amides is 1. The van der Waals surface area contributed by atoms with Crippen LogP contribution in [0, 0.1) is 0 Å². The minimum absolute atomic E-state index is 0.00323. The monoisotopic (exact) mass is 395 g/mol. The summed E-state index contributed by atoms with van der Waals surface area (Å²) in [6, 6.07) is 5.99. The summed E-state index contributed by atoms with van der Waals surface area (Å²) in [6.45, 7) is 4.16. The van der Waals surface area contributed by atoms with E-state index in [-0.39, 0.29) is 11.3 Å². The van der Waals surface area contributed by atoms with Crippen molar-refractivity contribution in [3.8, 4) is 0 Å². The molecular formula is C19H20F3N3O3. The largest absolute Gasteiger partial charge is 0.452 e. The van der Waals surface area contributed by atoms with Crippen molar-refractivity contribution in [1.29, 1.82) is 0 Å². The summed E-state index contributed by atoms with van der Waals surface area (Å²) in [5.74, 6) is -1.47. The first kappa shape index (κ1) is 21.2. The molecule has 0 unspecified atom stereocenters. The van der Waals surface area contributed by atoms with E-state index in [1.54, 1.807) is 4.90 Å². The van der Waals surface area contributed by atoms with Crippen molar-refractivity contribution >= 4 is 23.3 Å². The topological polar surface area (TPSA) is 71.5 Å². The third-order valence-corrected chi connectivity index (χ3v) is 3.95. The fraction of sp³-hybridized carbons (Fsp3) is 0.316. The molecule has 0 radical (unpaired) electrons. The molecule has 0 saturated heterocycles. The summed E-state index contributed by atoms with van der Waals surface area (Å²) in [5.41, 5.74) is -0.214. The number of halogens is 3. The number of aromatic nitrogens is 1. The van der Waals surface area contributed by atoms with Crippen molar-refractivity contribution in [2.45, 2.75) is 20.0 Å². The van der Waals surface area contributed by atoms with Gasteiger partial charge in [0.15, 0.2) is 6.61 Å². The van der Waals surface area contributed by atoms with E-state index in [1.165, 1.54) is 30.6 Å². The standard InChI is InChI=1S/C19H20F3N3O3/c1-3-25(4-2)16-6-5-14(19(20,21)22)11-15(16)24-17(26)12-28-18(27)13-7-9-23-10-8-13/h5-11H,3-4,12H2,1-2H3,(H,24,26). The number of hydrogen-bond donors (Lipinski definition) is 1. The van der Waals surface area contributed by atoms with Gasteiger partial charge in [-0.1, -0.05) is 0 Å². The second kappa shape index (κ2) is 9.20. The van der Waals surface area contributed by atoms with Gasteiger partial charge in [-0.2, -0.15) is 13.2 Å². The zero-order valence-corrected chi connectivity index (χ0v) is 15.4. The molecule has 6 nitrogen and oxygen atoms in total. The highest BCUT2D eigenvalue weighted by Crippen LogP contribution is 2.35. The molecule has 0 saturated carbocycles. The van der Waals surface area contributed by atoms with E-state index in [1.807, 2.05) is 13.8 Å². The van der Waals surface area contributed by atoms with Gasteiger partial charge in [0.2, 0.25) is 0 Å². The Bertz CT molecular complexity index is 822. The number of alkyl halides is 3. The molecule has 0 atom stereocenters. The van der Waals surface area contributed by atoms with Crippen LogP contribution in [0.25, 0.3) is 0 Å². The van der Waals surface area contributed by atoms with Crippen molar-refractivity contribution in [2.75, 3.05) is 29.9 Å². The number of hydrogen-bond acceptors (Lipinski definition) is 5. The molecule has 0 aliphatic heterocycles. The lowest BCUT2D eigenvalue weighted by Crippen LogP contribution is -2.26. The van der Waals surface area contributed by atoms with Crippen LogP contribution in [0.3, 0.4) is 0 Å². The maximum atomic E-state index is 13.0. The second-order valence-corrected chi connectivity index (χ2v) is 5.76. The number of nitrogens with one attached hydrogen (secondary N) is 1. The Hall–Kier alpha value is -3.10. The molecule has 9 heteroatoms. The fourth-order valence-corrected chi connectivity index (χ4v) is 2.54. The van der Waals surface area contributed by atoms with E-state index >= 15 is 0 Å². The molecule has 28 heavy (non-hydrogen) atoms. The average Bonchev–Trinajstić information content (AvgIpc) is 2.68. The molecule has 0 aliphatic carbocycles. The highest BCUT2D eigenvalue weighted by molar-refractivity contribution is 5.97. The van der Waals surface area contributed by atoms with E-state index in [0.29, 0.717) is 18.8 Å². The molecule has 0 fully saturated rings. The van der Waals surface area contributed by atoms with Crippen LogP contribution in [-0.2, 0) is 15.7 Å². The predicted octanol–water partition coefficient (Wildman–Crippen LogP) is 3.74. The summed E-state index contributed by atoms with van der Waals surface area (Å²) in [6.07, 6.45) is -1.75. The number of carbonyl (C=O) groups is 2. The molecular weight excluding hydrogens is 375 g/mol. The van der Waals surface area contributed by atoms with Gasteiger partial charge in [0, 0.05) is 25.5 Å². The lowest BCUT2D eigenvalue weighted by Gasteiger charge is -2.25. The van der Waals surface area contributed by atoms with Crippen LogP contribution in [0.2, 0.25) is 0 Å². The molecule has 1 amide bonds. The lowest BCUT2D eigenvalue weighted by atomic mass is 10.1. The first-order chi connectivity index (χ1) is 13.3. The Balaban J connectivity index is 2.15. The number of benzene rings is 1. The third kappa shape index (κ3) is 5.45. The first-order valence-corrected chi connectivity index (χ1v) is 8.59. The molecule has 1 N–H and O–H groups in total. The average molecular weight is 395 g/mol. The fourth-order valence-electron chi connectivity index (χ4n) is 2.54. The molecule has 0 spiro atoms. The highest BCUT2D eigenvalue weighted by atomic mass is 19.4. The van der Waals surface area contributed by atoms with E-state index in [9.17, 15) is 22.8 Å². The van der Waals surface area contributed by atoms with E-state index < -0.39 is 30.2 Å². The number of ether oxygens (including phenoxy) is 1. The van der Waals surface area contributed by atoms with Crippen LogP contribution >= 0.6 is 0 Å². The minimum atomic E-state index is -4.55. The van der Waals surface area contributed by atoms with E-state index in [0.717, 1.165) is 12.1 Å². The number of nitrogens with zero attached hydrogens (tertiary/aromatic N) is 2. The van der Waals surface area contributed by atoms with Gasteiger partial charge >= 0.3 is 12.1 Å². The summed E-state index contributed by atoms with van der Waals surface area (Å²) < 4.78 is 44.0. The highest BCUT2D eigenvalue weighted by Gasteiger charge is 2.31. The molecule has 1 aromatic heterocycles. The molecule has 2 aromatic rings. The SMILES string of the molecule is CCN(CC)c1ccc(C(F)(F)F)cc1NC(=O)COC(=O)c1ccncc1. The lowest BCUT2D eigenvalue weighted by molar-refractivity contribution is -0.137. The van der Waals surface area contributed by atoms with Gasteiger partial charge in [-0.15, -0.1) is 0 Å². The normalized spacial score (nSPS) is 11.0. The van der Waals surface area contributed by atoms with E-state index in [2.05, 4.69) is 10.3 Å². The molecule has 1 aromatic carbocycles. The van der Waals surface area contributed by atoms with Gasteiger partial charge < -0.3 is 15.0 Å². The molecule has 0 bridgehead atoms. The Kier molecular flexibility index (Phi) is 6.97. The summed E-state index contributed by atoms with van der Waals surface area (Å²) in [4.78, 5) is 29.6. The third-order valence-electron chi connectivity index (χ3n) is 3.95. The van der Waals surface area contributed by atoms with Gasteiger partial charge in [-0.25, -0.2) is 4.79 Å². The zero-order valence-electron chi connectivity index (χ0n) is 15.4. The zero-order chi connectivity index (χ0) is 20.7. The number of carbonyl (C=O) groups excluding carboxylic acids is 2. The molecule has 150 valence electrons. The number of pyridine rings is 1. The molecule has 2 rings (SSSR count). The van der Waals surface area contributed by atoms with Crippen molar-refractivity contribution in [2.24, 2.45) is 0 Å². The molecule has 0 aliphatic rings. The summed E-state index contributed by atoms with van der Waals surface area (Å²) >= 11 is 0. The summed E-state index contributed by atoms with van der Waals surface area (Å²) in [7, 11) is 0. The maximum Gasteiger partial charge on any atom is 0.416 e. The van der Waals surface area contributed by atoms with E-state index in [4.69, 9.17) is 4.74 Å². The van der Waals surface area contributed by atoms with Crippen LogP contribution in [-0.4, -0.2) is 36.6 Å². The van der Waals surface area contributed by atoms with Gasteiger partial charge in [-0.3, -0.25) is 9.78 Å². The number of rotatable bonds is 7. The Morgan fingerprint density at radius 2 is 1.75 bits per heavy atom. The van der Waals surface area contributed by atoms with Crippen LogP contribution in [0.4, 0.5) is 24.5 Å². The van der Waals surface area contributed by atoms with Gasteiger partial charge in [0.1, 0.15) is 0 Å². The van der Waals surface area contributed by atoms with Crippen LogP contribution in [0.5, 0.6) is 0 Å². The van der Waals surface area contributed by atoms with Crippen molar-refractivity contribution in [1.82, 2.24) is 4.98 Å². The minimum Gasteiger partial charge on any atom is -0.452 e. The number of esters is 1. The molecule has 1 heterocycles. The maximum absolute atomic E-state index is 13.0. The second-order valence-electron chi connectivity index (χ2n) is 5.76. The van der Waals surface area contributed by atoms with Crippen molar-refractivity contribution < 1.29 is 27.5 Å². The van der Waals surface area contributed by atoms with Gasteiger partial charge in [0.25, 0.3) is 5.91 Å². The van der Waals surface area contributed by atoms with Crippen molar-refractivity contribution in [3.63, 3.8) is 0 Å². The first-order valence-electron chi connectivity index (χ1n) is 8.59. The quantitative estimate of drug-likeness (QED) is 0.723.